The lowest BCUT2D eigenvalue weighted by molar-refractivity contribution is -0.144. The lowest BCUT2D eigenvalue weighted by Gasteiger charge is -2.44. The average molecular weight is 465 g/mol. The van der Waals surface area contributed by atoms with Crippen LogP contribution in [0.1, 0.15) is 30.0 Å². The molecule has 2 heterocycles. The molecule has 4 rings (SSSR count). The molecule has 0 saturated carbocycles. The maximum Gasteiger partial charge on any atom is 0.325 e. The molecule has 1 unspecified atom stereocenters. The molecule has 2 aromatic carbocycles. The van der Waals surface area contributed by atoms with Gasteiger partial charge in [0.1, 0.15) is 6.04 Å². The average Bonchev–Trinajstić information content (AvgIpc) is 2.86. The second kappa shape index (κ2) is 10.9. The zero-order valence-electron chi connectivity index (χ0n) is 20.2. The largest absolute Gasteiger partial charge is 0.480 e. The van der Waals surface area contributed by atoms with Gasteiger partial charge in [0, 0.05) is 70.8 Å². The lowest BCUT2D eigenvalue weighted by atomic mass is 9.97. The number of benzene rings is 2. The third kappa shape index (κ3) is 5.51. The van der Waals surface area contributed by atoms with E-state index in [0.717, 1.165) is 68.9 Å². The van der Waals surface area contributed by atoms with Crippen molar-refractivity contribution in [2.45, 2.75) is 24.9 Å². The smallest absolute Gasteiger partial charge is 0.325 e. The van der Waals surface area contributed by atoms with Crippen LogP contribution in [0.25, 0.3) is 0 Å². The van der Waals surface area contributed by atoms with E-state index in [2.05, 4.69) is 31.9 Å². The van der Waals surface area contributed by atoms with Gasteiger partial charge in [-0.3, -0.25) is 14.6 Å². The van der Waals surface area contributed by atoms with Gasteiger partial charge in [-0.05, 0) is 48.2 Å². The molecular formula is C26H36N6O2. The number of piperidine rings is 1. The number of hydrogen-bond donors (Lipinski definition) is 2. The van der Waals surface area contributed by atoms with Gasteiger partial charge in [0.05, 0.1) is 6.21 Å². The molecule has 2 aliphatic rings. The van der Waals surface area contributed by atoms with Crippen molar-refractivity contribution in [2.75, 3.05) is 63.2 Å². The van der Waals surface area contributed by atoms with Crippen LogP contribution in [-0.4, -0.2) is 86.5 Å². The molecule has 8 nitrogen and oxygen atoms in total. The van der Waals surface area contributed by atoms with Crippen molar-refractivity contribution in [2.24, 2.45) is 10.9 Å². The highest BCUT2D eigenvalue weighted by Gasteiger charge is 2.33. The molecule has 0 amide bonds. The Morgan fingerprint density at radius 2 is 1.62 bits per heavy atom. The zero-order chi connectivity index (χ0) is 24.1. The maximum atomic E-state index is 12.1. The van der Waals surface area contributed by atoms with Crippen molar-refractivity contribution in [3.05, 3.63) is 59.7 Å². The Kier molecular flexibility index (Phi) is 7.70. The predicted octanol–water partition coefficient (Wildman–Crippen LogP) is 2.46. The van der Waals surface area contributed by atoms with Gasteiger partial charge >= 0.3 is 5.97 Å². The highest BCUT2D eigenvalue weighted by atomic mass is 16.4. The summed E-state index contributed by atoms with van der Waals surface area (Å²) in [6, 6.07) is 16.2. The minimum Gasteiger partial charge on any atom is -0.480 e. The fourth-order valence-electron chi connectivity index (χ4n) is 5.18. The third-order valence-corrected chi connectivity index (χ3v) is 7.14. The van der Waals surface area contributed by atoms with Crippen LogP contribution in [0.5, 0.6) is 0 Å². The van der Waals surface area contributed by atoms with Crippen molar-refractivity contribution >= 4 is 23.6 Å². The first-order valence-corrected chi connectivity index (χ1v) is 12.0. The predicted molar refractivity (Wildman–Crippen MR) is 138 cm³/mol. The molecule has 2 saturated heterocycles. The van der Waals surface area contributed by atoms with Crippen LogP contribution < -0.4 is 15.6 Å². The number of hydrazone groups is 1. The number of aliphatic carboxylic acids is 1. The van der Waals surface area contributed by atoms with Gasteiger partial charge in [-0.25, -0.2) is 0 Å². The molecule has 1 atom stereocenters. The summed E-state index contributed by atoms with van der Waals surface area (Å²) in [6.07, 6.45) is 3.67. The van der Waals surface area contributed by atoms with E-state index >= 15 is 0 Å². The third-order valence-electron chi connectivity index (χ3n) is 7.14. The molecule has 0 aliphatic carbocycles. The molecule has 8 heteroatoms. The topological polar surface area (TPSA) is 88.6 Å². The molecule has 2 aliphatic heterocycles. The number of likely N-dealkylation sites (tertiary alicyclic amines) is 1. The SMILES string of the molecule is CN(C)c1ccc(C(C(=O)O)N2CCC(N3CCN(c4ccc(C=NN)cc4)CC3)CC2)cc1. The molecule has 0 aromatic heterocycles. The number of rotatable bonds is 7. The molecule has 2 fully saturated rings. The number of anilines is 2. The fourth-order valence-corrected chi connectivity index (χ4v) is 5.18. The van der Waals surface area contributed by atoms with Crippen LogP contribution >= 0.6 is 0 Å². The first kappa shape index (κ1) is 24.0. The van der Waals surface area contributed by atoms with Gasteiger partial charge in [0.2, 0.25) is 0 Å². The summed E-state index contributed by atoms with van der Waals surface area (Å²) in [6.45, 7) is 5.68. The summed E-state index contributed by atoms with van der Waals surface area (Å²) in [7, 11) is 3.98. The number of piperazine rings is 1. The minimum absolute atomic E-state index is 0.520. The Bertz CT molecular complexity index is 960. The van der Waals surface area contributed by atoms with Crippen LogP contribution in [-0.2, 0) is 4.79 Å². The van der Waals surface area contributed by atoms with E-state index in [4.69, 9.17) is 5.84 Å². The normalized spacial score (nSPS) is 19.4. The summed E-state index contributed by atoms with van der Waals surface area (Å²) in [5.41, 5.74) is 4.16. The van der Waals surface area contributed by atoms with Crippen LogP contribution in [0.3, 0.4) is 0 Å². The van der Waals surface area contributed by atoms with Crippen molar-refractivity contribution < 1.29 is 9.90 Å². The molecule has 0 radical (unpaired) electrons. The standard InChI is InChI=1S/C26H36N6O2/c1-29(2)22-9-5-21(6-10-22)25(26(33)34)32-13-11-24(12-14-32)31-17-15-30(16-18-31)23-7-3-20(4-8-23)19-28-27/h3-10,19,24-25H,11-18,27H2,1-2H3,(H,33,34). The number of hydrogen-bond acceptors (Lipinski definition) is 7. The van der Waals surface area contributed by atoms with Crippen molar-refractivity contribution in [3.63, 3.8) is 0 Å². The van der Waals surface area contributed by atoms with Crippen LogP contribution in [0.4, 0.5) is 11.4 Å². The Labute approximate surface area is 202 Å². The van der Waals surface area contributed by atoms with Crippen molar-refractivity contribution in [1.29, 1.82) is 0 Å². The Morgan fingerprint density at radius 1 is 1.00 bits per heavy atom. The highest BCUT2D eigenvalue weighted by molar-refractivity contribution is 5.80. The lowest BCUT2D eigenvalue weighted by Crippen LogP contribution is -2.54. The van der Waals surface area contributed by atoms with E-state index in [1.807, 2.05) is 55.4 Å². The van der Waals surface area contributed by atoms with Gasteiger partial charge < -0.3 is 20.7 Å². The number of nitrogens with two attached hydrogens (primary N) is 1. The van der Waals surface area contributed by atoms with Crippen LogP contribution in [0.2, 0.25) is 0 Å². The Morgan fingerprint density at radius 3 is 2.15 bits per heavy atom. The highest BCUT2D eigenvalue weighted by Crippen LogP contribution is 2.29. The van der Waals surface area contributed by atoms with Gasteiger partial charge in [-0.1, -0.05) is 24.3 Å². The van der Waals surface area contributed by atoms with Crippen LogP contribution in [0.15, 0.2) is 53.6 Å². The number of carbonyl (C=O) groups is 1. The first-order chi connectivity index (χ1) is 16.5. The van der Waals surface area contributed by atoms with E-state index in [9.17, 15) is 9.90 Å². The van der Waals surface area contributed by atoms with Crippen LogP contribution in [0, 0.1) is 0 Å². The van der Waals surface area contributed by atoms with Gasteiger partial charge in [-0.2, -0.15) is 5.10 Å². The maximum absolute atomic E-state index is 12.1. The van der Waals surface area contributed by atoms with E-state index < -0.39 is 12.0 Å². The fraction of sp³-hybridized carbons (Fsp3) is 0.462. The molecule has 0 spiro atoms. The zero-order valence-corrected chi connectivity index (χ0v) is 20.2. The molecule has 182 valence electrons. The molecule has 3 N–H and O–H groups in total. The summed E-state index contributed by atoms with van der Waals surface area (Å²) >= 11 is 0. The van der Waals surface area contributed by atoms with E-state index in [-0.39, 0.29) is 0 Å². The number of carboxylic acids is 1. The van der Waals surface area contributed by atoms with E-state index in [1.165, 1.54) is 5.69 Å². The summed E-state index contributed by atoms with van der Waals surface area (Å²) in [5, 5.41) is 13.6. The molecule has 34 heavy (non-hydrogen) atoms. The van der Waals surface area contributed by atoms with Gasteiger partial charge in [0.25, 0.3) is 0 Å². The van der Waals surface area contributed by atoms with E-state index in [1.54, 1.807) is 6.21 Å². The Hall–Kier alpha value is -3.10. The summed E-state index contributed by atoms with van der Waals surface area (Å²) < 4.78 is 0. The van der Waals surface area contributed by atoms with Gasteiger partial charge in [0.15, 0.2) is 0 Å². The van der Waals surface area contributed by atoms with Crippen molar-refractivity contribution in [3.8, 4) is 0 Å². The molecule has 2 aromatic rings. The molecular weight excluding hydrogens is 428 g/mol. The summed E-state index contributed by atoms with van der Waals surface area (Å²) in [4.78, 5) is 21.3. The van der Waals surface area contributed by atoms with Gasteiger partial charge in [-0.15, -0.1) is 0 Å². The minimum atomic E-state index is -0.770. The van der Waals surface area contributed by atoms with Crippen molar-refractivity contribution in [1.82, 2.24) is 9.80 Å². The first-order valence-electron chi connectivity index (χ1n) is 12.0. The Balaban J connectivity index is 1.30. The summed E-state index contributed by atoms with van der Waals surface area (Å²) in [5.74, 6) is 4.46. The monoisotopic (exact) mass is 464 g/mol. The second-order valence-electron chi connectivity index (χ2n) is 9.39. The molecule has 0 bridgehead atoms. The second-order valence-corrected chi connectivity index (χ2v) is 9.39. The van der Waals surface area contributed by atoms with E-state index in [0.29, 0.717) is 6.04 Å². The quantitative estimate of drug-likeness (QED) is 0.370. The number of nitrogens with zero attached hydrogens (tertiary/aromatic N) is 5. The number of carboxylic acid groups (broad SMARTS) is 1.